The van der Waals surface area contributed by atoms with Gasteiger partial charge in [0, 0.05) is 17.1 Å². The minimum Gasteiger partial charge on any atom is -0.338 e. The van der Waals surface area contributed by atoms with Crippen molar-refractivity contribution in [2.75, 3.05) is 13.1 Å². The zero-order chi connectivity index (χ0) is 13.9. The van der Waals surface area contributed by atoms with Gasteiger partial charge in [-0.15, -0.1) is 0 Å². The molecule has 0 saturated carbocycles. The Morgan fingerprint density at radius 3 is 3.15 bits per heavy atom. The van der Waals surface area contributed by atoms with Gasteiger partial charge in [-0.25, -0.2) is 0 Å². The van der Waals surface area contributed by atoms with Crippen LogP contribution >= 0.6 is 11.6 Å². The summed E-state index contributed by atoms with van der Waals surface area (Å²) in [4.78, 5) is 6.84. The van der Waals surface area contributed by atoms with Crippen molar-refractivity contribution in [3.8, 4) is 11.4 Å². The van der Waals surface area contributed by atoms with Crippen molar-refractivity contribution in [3.63, 3.8) is 0 Å². The first kappa shape index (κ1) is 13.6. The molecule has 1 aliphatic rings. The Labute approximate surface area is 123 Å². The molecule has 3 rings (SSSR count). The Hall–Kier alpha value is -1.39. The van der Waals surface area contributed by atoms with Crippen LogP contribution in [0.2, 0.25) is 5.02 Å². The molecule has 0 aliphatic carbocycles. The van der Waals surface area contributed by atoms with Crippen molar-refractivity contribution < 1.29 is 4.52 Å². The van der Waals surface area contributed by atoms with Gasteiger partial charge in [0.2, 0.25) is 11.7 Å². The smallest absolute Gasteiger partial charge is 0.241 e. The predicted molar refractivity (Wildman–Crippen MR) is 78.4 cm³/mol. The summed E-state index contributed by atoms with van der Waals surface area (Å²) < 4.78 is 5.35. The molecule has 2 heterocycles. The summed E-state index contributed by atoms with van der Waals surface area (Å²) in [7, 11) is 0. The number of benzene rings is 1. The number of aromatic nitrogens is 2. The van der Waals surface area contributed by atoms with E-state index < -0.39 is 0 Å². The molecule has 1 aromatic carbocycles. The second-order valence-electron chi connectivity index (χ2n) is 5.50. The summed E-state index contributed by atoms with van der Waals surface area (Å²) in [6.07, 6.45) is 2.56. The van der Waals surface area contributed by atoms with Crippen molar-refractivity contribution in [1.29, 1.82) is 0 Å². The summed E-state index contributed by atoms with van der Waals surface area (Å²) in [5.41, 5.74) is 0.888. The van der Waals surface area contributed by atoms with Gasteiger partial charge in [0.05, 0.1) is 6.54 Å². The molecule has 1 fully saturated rings. The third-order valence-electron chi connectivity index (χ3n) is 3.65. The maximum absolute atomic E-state index is 5.98. The largest absolute Gasteiger partial charge is 0.338 e. The lowest BCUT2D eigenvalue weighted by Crippen LogP contribution is -2.33. The van der Waals surface area contributed by atoms with Crippen LogP contribution in [0.1, 0.15) is 25.7 Å². The average molecular weight is 292 g/mol. The molecule has 0 amide bonds. The minimum atomic E-state index is 0.604. The van der Waals surface area contributed by atoms with Gasteiger partial charge in [-0.1, -0.05) is 35.8 Å². The molecule has 4 nitrogen and oxygen atoms in total. The molecular formula is C15H18ClN3O. The highest BCUT2D eigenvalue weighted by molar-refractivity contribution is 6.30. The van der Waals surface area contributed by atoms with Crippen LogP contribution in [0.3, 0.4) is 0 Å². The Morgan fingerprint density at radius 1 is 1.45 bits per heavy atom. The van der Waals surface area contributed by atoms with Gasteiger partial charge in [-0.2, -0.15) is 4.98 Å². The Kier molecular flexibility index (Phi) is 4.03. The molecule has 1 atom stereocenters. The van der Waals surface area contributed by atoms with Gasteiger partial charge in [-0.05, 0) is 37.4 Å². The highest BCUT2D eigenvalue weighted by atomic mass is 35.5. The molecule has 0 radical (unpaired) electrons. The number of hydrogen-bond acceptors (Lipinski definition) is 4. The van der Waals surface area contributed by atoms with Gasteiger partial charge in [-0.3, -0.25) is 4.90 Å². The maximum atomic E-state index is 5.98. The fourth-order valence-electron chi connectivity index (χ4n) is 2.69. The molecule has 0 N–H and O–H groups in total. The molecule has 0 bridgehead atoms. The highest BCUT2D eigenvalue weighted by Gasteiger charge is 2.19. The Morgan fingerprint density at radius 2 is 2.35 bits per heavy atom. The van der Waals surface area contributed by atoms with Gasteiger partial charge >= 0.3 is 0 Å². The lowest BCUT2D eigenvalue weighted by molar-refractivity contribution is 0.157. The van der Waals surface area contributed by atoms with Crippen LogP contribution in [0.15, 0.2) is 28.8 Å². The molecule has 20 heavy (non-hydrogen) atoms. The van der Waals surface area contributed by atoms with Crippen LogP contribution in [-0.4, -0.2) is 28.1 Å². The van der Waals surface area contributed by atoms with E-state index in [0.717, 1.165) is 31.1 Å². The summed E-state index contributed by atoms with van der Waals surface area (Å²) in [5, 5.41) is 4.72. The molecule has 1 aromatic heterocycles. The molecule has 5 heteroatoms. The summed E-state index contributed by atoms with van der Waals surface area (Å²) in [5.74, 6) is 2.03. The van der Waals surface area contributed by atoms with E-state index in [2.05, 4.69) is 22.0 Å². The summed E-state index contributed by atoms with van der Waals surface area (Å²) >= 11 is 5.98. The van der Waals surface area contributed by atoms with Crippen molar-refractivity contribution in [1.82, 2.24) is 15.0 Å². The van der Waals surface area contributed by atoms with E-state index in [9.17, 15) is 0 Å². The fraction of sp³-hybridized carbons (Fsp3) is 0.467. The fourth-order valence-corrected chi connectivity index (χ4v) is 2.88. The Bertz CT molecular complexity index is 584. The monoisotopic (exact) mass is 291 g/mol. The van der Waals surface area contributed by atoms with Crippen LogP contribution < -0.4 is 0 Å². The lowest BCUT2D eigenvalue weighted by atomic mass is 10.0. The van der Waals surface area contributed by atoms with Crippen molar-refractivity contribution in [3.05, 3.63) is 35.2 Å². The van der Waals surface area contributed by atoms with Crippen molar-refractivity contribution in [2.45, 2.75) is 26.3 Å². The standard InChI is InChI=1S/C15H18ClN3O/c1-11-4-3-7-19(9-11)10-14-17-15(18-20-14)12-5-2-6-13(16)8-12/h2,5-6,8,11H,3-4,7,9-10H2,1H3. The van der Waals surface area contributed by atoms with E-state index in [1.165, 1.54) is 12.8 Å². The first-order valence-corrected chi connectivity index (χ1v) is 7.39. The number of rotatable bonds is 3. The first-order chi connectivity index (χ1) is 9.70. The van der Waals surface area contributed by atoms with E-state index in [1.807, 2.05) is 24.3 Å². The van der Waals surface area contributed by atoms with Crippen molar-refractivity contribution in [2.24, 2.45) is 5.92 Å². The normalized spacial score (nSPS) is 20.2. The second kappa shape index (κ2) is 5.94. The molecule has 1 unspecified atom stereocenters. The Balaban J connectivity index is 1.70. The van der Waals surface area contributed by atoms with Gasteiger partial charge < -0.3 is 4.52 Å². The number of likely N-dealkylation sites (tertiary alicyclic amines) is 1. The van der Waals surface area contributed by atoms with Crippen molar-refractivity contribution >= 4 is 11.6 Å². The molecular weight excluding hydrogens is 274 g/mol. The maximum Gasteiger partial charge on any atom is 0.241 e. The van der Waals surface area contributed by atoms with Crippen LogP contribution in [0.4, 0.5) is 0 Å². The molecule has 0 spiro atoms. The van der Waals surface area contributed by atoms with Gasteiger partial charge in [0.25, 0.3) is 0 Å². The third-order valence-corrected chi connectivity index (χ3v) is 3.89. The number of hydrogen-bond donors (Lipinski definition) is 0. The quantitative estimate of drug-likeness (QED) is 0.866. The molecule has 2 aromatic rings. The molecule has 1 saturated heterocycles. The summed E-state index contributed by atoms with van der Waals surface area (Å²) in [6, 6.07) is 7.50. The molecule has 1 aliphatic heterocycles. The summed E-state index contributed by atoms with van der Waals surface area (Å²) in [6.45, 7) is 5.24. The van der Waals surface area contributed by atoms with Crippen LogP contribution in [0.25, 0.3) is 11.4 Å². The highest BCUT2D eigenvalue weighted by Crippen LogP contribution is 2.21. The third kappa shape index (κ3) is 3.19. The lowest BCUT2D eigenvalue weighted by Gasteiger charge is -2.29. The number of nitrogens with zero attached hydrogens (tertiary/aromatic N) is 3. The van der Waals surface area contributed by atoms with Crippen LogP contribution in [0.5, 0.6) is 0 Å². The number of piperidine rings is 1. The first-order valence-electron chi connectivity index (χ1n) is 7.01. The zero-order valence-electron chi connectivity index (χ0n) is 11.6. The number of halogens is 1. The predicted octanol–water partition coefficient (Wildman–Crippen LogP) is 3.62. The zero-order valence-corrected chi connectivity index (χ0v) is 12.3. The van der Waals surface area contributed by atoms with Crippen LogP contribution in [-0.2, 0) is 6.54 Å². The topological polar surface area (TPSA) is 42.2 Å². The van der Waals surface area contributed by atoms with Crippen LogP contribution in [0, 0.1) is 5.92 Å². The van der Waals surface area contributed by atoms with E-state index in [0.29, 0.717) is 16.7 Å². The second-order valence-corrected chi connectivity index (χ2v) is 5.94. The van der Waals surface area contributed by atoms with E-state index >= 15 is 0 Å². The van der Waals surface area contributed by atoms with Gasteiger partial charge in [0.1, 0.15) is 0 Å². The van der Waals surface area contributed by atoms with E-state index in [1.54, 1.807) is 0 Å². The van der Waals surface area contributed by atoms with E-state index in [-0.39, 0.29) is 0 Å². The van der Waals surface area contributed by atoms with Gasteiger partial charge in [0.15, 0.2) is 0 Å². The average Bonchev–Trinajstić information content (AvgIpc) is 2.87. The molecule has 106 valence electrons. The van der Waals surface area contributed by atoms with E-state index in [4.69, 9.17) is 16.1 Å². The SMILES string of the molecule is CC1CCCN(Cc2nc(-c3cccc(Cl)c3)no2)C1. The minimum absolute atomic E-state index is 0.604.